The Balaban J connectivity index is 1.95. The van der Waals surface area contributed by atoms with Crippen molar-refractivity contribution in [3.63, 3.8) is 0 Å². The van der Waals surface area contributed by atoms with E-state index < -0.39 is 0 Å². The lowest BCUT2D eigenvalue weighted by molar-refractivity contribution is 0.222. The summed E-state index contributed by atoms with van der Waals surface area (Å²) in [4.78, 5) is 13.2. The molecule has 0 aliphatic carbocycles. The highest BCUT2D eigenvalue weighted by Crippen LogP contribution is 2.11. The second kappa shape index (κ2) is 6.67. The summed E-state index contributed by atoms with van der Waals surface area (Å²) in [5.74, 6) is 0. The third-order valence-electron chi connectivity index (χ3n) is 2.82. The van der Waals surface area contributed by atoms with E-state index in [0.717, 1.165) is 5.69 Å². The van der Waals surface area contributed by atoms with Crippen molar-refractivity contribution in [1.29, 1.82) is 0 Å². The van der Waals surface area contributed by atoms with Crippen molar-refractivity contribution in [1.82, 2.24) is 20.3 Å². The van der Waals surface area contributed by atoms with Gasteiger partial charge in [-0.05, 0) is 30.7 Å². The summed E-state index contributed by atoms with van der Waals surface area (Å²) in [6, 6.07) is 6.56. The van der Waals surface area contributed by atoms with Crippen molar-refractivity contribution in [3.05, 3.63) is 36.7 Å². The predicted octanol–water partition coefficient (Wildman–Crippen LogP) is 1.16. The van der Waals surface area contributed by atoms with E-state index in [4.69, 9.17) is 5.11 Å². The average Bonchev–Trinajstić information content (AvgIpc) is 2.99. The minimum Gasteiger partial charge on any atom is -0.394 e. The number of rotatable bonds is 5. The van der Waals surface area contributed by atoms with Crippen molar-refractivity contribution in [2.24, 2.45) is 0 Å². The fraction of sp³-hybridized carbons (Fsp3) is 0.308. The van der Waals surface area contributed by atoms with Gasteiger partial charge in [0.2, 0.25) is 0 Å². The van der Waals surface area contributed by atoms with Crippen LogP contribution in [0, 0.1) is 0 Å². The molecule has 1 aromatic carbocycles. The van der Waals surface area contributed by atoms with Gasteiger partial charge in [0.05, 0.1) is 30.7 Å². The number of hydrogen-bond donors (Lipinski definition) is 3. The van der Waals surface area contributed by atoms with Crippen LogP contribution in [0.25, 0.3) is 5.69 Å². The number of aromatic nitrogens is 3. The van der Waals surface area contributed by atoms with Gasteiger partial charge in [0, 0.05) is 5.69 Å². The number of aliphatic hydroxyl groups is 1. The first kappa shape index (κ1) is 14.0. The van der Waals surface area contributed by atoms with Crippen molar-refractivity contribution in [3.8, 4) is 5.69 Å². The molecule has 1 aromatic heterocycles. The average molecular weight is 275 g/mol. The second-order valence-corrected chi connectivity index (χ2v) is 4.25. The molecule has 0 fully saturated rings. The van der Waals surface area contributed by atoms with Crippen molar-refractivity contribution in [2.75, 3.05) is 11.9 Å². The third kappa shape index (κ3) is 3.55. The molecule has 0 spiro atoms. The largest absolute Gasteiger partial charge is 0.394 e. The van der Waals surface area contributed by atoms with Gasteiger partial charge < -0.3 is 15.7 Å². The van der Waals surface area contributed by atoms with E-state index in [-0.39, 0.29) is 18.7 Å². The zero-order valence-electron chi connectivity index (χ0n) is 11.2. The molecular formula is C13H17N5O2. The molecule has 7 heteroatoms. The number of hydrogen-bond acceptors (Lipinski definition) is 4. The van der Waals surface area contributed by atoms with Crippen LogP contribution in [0.4, 0.5) is 10.5 Å². The highest BCUT2D eigenvalue weighted by Gasteiger charge is 2.09. The lowest BCUT2D eigenvalue weighted by Gasteiger charge is -2.14. The Labute approximate surface area is 116 Å². The molecule has 7 nitrogen and oxygen atoms in total. The molecular weight excluding hydrogens is 258 g/mol. The SMILES string of the molecule is CCC(CO)NC(=O)Nc1ccc(-n2nccn2)cc1. The Morgan fingerprint density at radius 3 is 2.50 bits per heavy atom. The zero-order valence-corrected chi connectivity index (χ0v) is 11.2. The molecule has 3 N–H and O–H groups in total. The first-order chi connectivity index (χ1) is 9.72. The van der Waals surface area contributed by atoms with Gasteiger partial charge >= 0.3 is 6.03 Å². The summed E-state index contributed by atoms with van der Waals surface area (Å²) < 4.78 is 0. The van der Waals surface area contributed by atoms with Crippen molar-refractivity contribution in [2.45, 2.75) is 19.4 Å². The van der Waals surface area contributed by atoms with Gasteiger partial charge in [-0.2, -0.15) is 15.0 Å². The summed E-state index contributed by atoms with van der Waals surface area (Å²) in [6.45, 7) is 1.82. The van der Waals surface area contributed by atoms with Gasteiger partial charge in [0.1, 0.15) is 0 Å². The molecule has 106 valence electrons. The molecule has 2 aromatic rings. The minimum absolute atomic E-state index is 0.0756. The number of nitrogens with zero attached hydrogens (tertiary/aromatic N) is 3. The Kier molecular flexibility index (Phi) is 4.67. The minimum atomic E-state index is -0.337. The maximum Gasteiger partial charge on any atom is 0.319 e. The highest BCUT2D eigenvalue weighted by atomic mass is 16.3. The predicted molar refractivity (Wildman–Crippen MR) is 74.7 cm³/mol. The van der Waals surface area contributed by atoms with Crippen LogP contribution in [0.2, 0.25) is 0 Å². The molecule has 0 saturated carbocycles. The summed E-state index contributed by atoms with van der Waals surface area (Å²) in [5, 5.41) is 22.4. The van der Waals surface area contributed by atoms with Crippen LogP contribution >= 0.6 is 0 Å². The van der Waals surface area contributed by atoms with E-state index in [9.17, 15) is 4.79 Å². The number of anilines is 1. The monoisotopic (exact) mass is 275 g/mol. The maximum absolute atomic E-state index is 11.7. The van der Waals surface area contributed by atoms with E-state index in [1.54, 1.807) is 36.7 Å². The fourth-order valence-electron chi connectivity index (χ4n) is 1.66. The molecule has 0 saturated heterocycles. The van der Waals surface area contributed by atoms with E-state index in [2.05, 4.69) is 20.8 Å². The molecule has 0 aliphatic heterocycles. The first-order valence-corrected chi connectivity index (χ1v) is 6.38. The van der Waals surface area contributed by atoms with Gasteiger partial charge in [0.15, 0.2) is 0 Å². The number of urea groups is 1. The van der Waals surface area contributed by atoms with Crippen molar-refractivity contribution >= 4 is 11.7 Å². The van der Waals surface area contributed by atoms with Crippen LogP contribution in [-0.4, -0.2) is 38.8 Å². The van der Waals surface area contributed by atoms with Gasteiger partial charge in [0.25, 0.3) is 0 Å². The lowest BCUT2D eigenvalue weighted by atomic mass is 10.2. The summed E-state index contributed by atoms with van der Waals surface area (Å²) in [7, 11) is 0. The number of carbonyl (C=O) groups excluding carboxylic acids is 1. The van der Waals surface area contributed by atoms with Crippen LogP contribution in [0.15, 0.2) is 36.7 Å². The van der Waals surface area contributed by atoms with Gasteiger partial charge in [-0.15, -0.1) is 0 Å². The van der Waals surface area contributed by atoms with Crippen LogP contribution in [0.5, 0.6) is 0 Å². The molecule has 0 radical (unpaired) electrons. The Morgan fingerprint density at radius 1 is 1.30 bits per heavy atom. The smallest absolute Gasteiger partial charge is 0.319 e. The van der Waals surface area contributed by atoms with Crippen LogP contribution in [0.3, 0.4) is 0 Å². The molecule has 0 aliphatic rings. The van der Waals surface area contributed by atoms with E-state index in [1.165, 1.54) is 4.80 Å². The molecule has 0 bridgehead atoms. The Bertz CT molecular complexity index is 534. The van der Waals surface area contributed by atoms with Gasteiger partial charge in [-0.1, -0.05) is 6.92 Å². The molecule has 2 rings (SSSR count). The summed E-state index contributed by atoms with van der Waals surface area (Å²) in [6.07, 6.45) is 3.87. The summed E-state index contributed by atoms with van der Waals surface area (Å²) in [5.41, 5.74) is 1.47. The number of amides is 2. The van der Waals surface area contributed by atoms with Gasteiger partial charge in [-0.3, -0.25) is 0 Å². The molecule has 1 heterocycles. The molecule has 1 unspecified atom stereocenters. The lowest BCUT2D eigenvalue weighted by Crippen LogP contribution is -2.39. The summed E-state index contributed by atoms with van der Waals surface area (Å²) >= 11 is 0. The quantitative estimate of drug-likeness (QED) is 0.763. The Morgan fingerprint density at radius 2 is 1.95 bits per heavy atom. The van der Waals surface area contributed by atoms with Crippen molar-refractivity contribution < 1.29 is 9.90 Å². The Hall–Kier alpha value is -2.41. The van der Waals surface area contributed by atoms with E-state index in [1.807, 2.05) is 6.92 Å². The zero-order chi connectivity index (χ0) is 14.4. The van der Waals surface area contributed by atoms with Crippen LogP contribution in [0.1, 0.15) is 13.3 Å². The topological polar surface area (TPSA) is 92.1 Å². The standard InChI is InChI=1S/C13H17N5O2/c1-2-10(9-19)16-13(20)17-11-3-5-12(6-4-11)18-14-7-8-15-18/h3-8,10,19H,2,9H2,1H3,(H2,16,17,20). The van der Waals surface area contributed by atoms with E-state index >= 15 is 0 Å². The maximum atomic E-state index is 11.7. The van der Waals surface area contributed by atoms with Crippen LogP contribution < -0.4 is 10.6 Å². The normalized spacial score (nSPS) is 11.9. The highest BCUT2D eigenvalue weighted by molar-refractivity contribution is 5.89. The number of benzene rings is 1. The molecule has 20 heavy (non-hydrogen) atoms. The third-order valence-corrected chi connectivity index (χ3v) is 2.82. The first-order valence-electron chi connectivity index (χ1n) is 6.38. The molecule has 2 amide bonds. The van der Waals surface area contributed by atoms with Crippen LogP contribution in [-0.2, 0) is 0 Å². The number of carbonyl (C=O) groups is 1. The van der Waals surface area contributed by atoms with Gasteiger partial charge in [-0.25, -0.2) is 4.79 Å². The molecule has 1 atom stereocenters. The van der Waals surface area contributed by atoms with E-state index in [0.29, 0.717) is 12.1 Å². The fourth-order valence-corrected chi connectivity index (χ4v) is 1.66. The number of nitrogens with one attached hydrogen (secondary N) is 2. The number of aliphatic hydroxyl groups excluding tert-OH is 1. The second-order valence-electron chi connectivity index (χ2n) is 4.25.